The highest BCUT2D eigenvalue weighted by Gasteiger charge is 2.25. The molecule has 0 radical (unpaired) electrons. The molecule has 2 aromatic rings. The summed E-state index contributed by atoms with van der Waals surface area (Å²) in [6, 6.07) is 16.3. The van der Waals surface area contributed by atoms with Crippen LogP contribution in [0.25, 0.3) is 10.8 Å². The van der Waals surface area contributed by atoms with E-state index in [1.165, 1.54) is 6.20 Å². The molecule has 1 amide bonds. The number of likely N-dealkylation sites (tertiary alicyclic amines) is 1. The lowest BCUT2D eigenvalue weighted by molar-refractivity contribution is -0.128. The van der Waals surface area contributed by atoms with Crippen molar-refractivity contribution in [1.29, 1.82) is 5.26 Å². The van der Waals surface area contributed by atoms with Crippen molar-refractivity contribution in [3.05, 3.63) is 54.2 Å². The fourth-order valence-electron chi connectivity index (χ4n) is 3.31. The number of hydrogen-bond acceptors (Lipinski definition) is 4. The van der Waals surface area contributed by atoms with E-state index < -0.39 is 0 Å². The second-order valence-corrected chi connectivity index (χ2v) is 6.83. The zero-order valence-electron chi connectivity index (χ0n) is 15.3. The third-order valence-electron chi connectivity index (χ3n) is 5.04. The van der Waals surface area contributed by atoms with Crippen LogP contribution in [0.15, 0.2) is 54.2 Å². The summed E-state index contributed by atoms with van der Waals surface area (Å²) in [5, 5.41) is 14.8. The molecule has 1 saturated heterocycles. The molecule has 0 aliphatic carbocycles. The number of piperidine rings is 1. The number of amides is 1. The van der Waals surface area contributed by atoms with E-state index in [4.69, 9.17) is 0 Å². The van der Waals surface area contributed by atoms with Crippen LogP contribution in [0.1, 0.15) is 12.8 Å². The van der Waals surface area contributed by atoms with Crippen LogP contribution in [0.2, 0.25) is 0 Å². The number of likely N-dealkylation sites (N-methyl/N-ethyl adjacent to an activating group) is 1. The molecule has 26 heavy (non-hydrogen) atoms. The number of anilines is 1. The van der Waals surface area contributed by atoms with Crippen molar-refractivity contribution in [3.8, 4) is 6.07 Å². The van der Waals surface area contributed by atoms with Crippen LogP contribution >= 0.6 is 0 Å². The molecular formula is C21H24N4O. The van der Waals surface area contributed by atoms with E-state index in [0.717, 1.165) is 42.4 Å². The van der Waals surface area contributed by atoms with E-state index in [2.05, 4.69) is 23.3 Å². The molecule has 5 heteroatoms. The van der Waals surface area contributed by atoms with Crippen molar-refractivity contribution >= 4 is 22.4 Å². The van der Waals surface area contributed by atoms with Gasteiger partial charge in [-0.05, 0) is 55.9 Å². The number of carbonyl (C=O) groups excluding carboxylic acids is 1. The maximum Gasteiger partial charge on any atom is 0.266 e. The Labute approximate surface area is 154 Å². The molecule has 134 valence electrons. The van der Waals surface area contributed by atoms with Crippen molar-refractivity contribution in [2.75, 3.05) is 32.5 Å². The first kappa shape index (κ1) is 18.0. The minimum Gasteiger partial charge on any atom is -0.360 e. The van der Waals surface area contributed by atoms with Crippen LogP contribution in [0.4, 0.5) is 5.69 Å². The summed E-state index contributed by atoms with van der Waals surface area (Å²) < 4.78 is 0. The monoisotopic (exact) mass is 348 g/mol. The van der Waals surface area contributed by atoms with Crippen molar-refractivity contribution in [2.45, 2.75) is 18.9 Å². The molecule has 0 saturated carbocycles. The Morgan fingerprint density at radius 1 is 1.23 bits per heavy atom. The molecule has 1 N–H and O–H groups in total. The van der Waals surface area contributed by atoms with Crippen molar-refractivity contribution in [1.82, 2.24) is 9.80 Å². The molecule has 0 bridgehead atoms. The molecule has 3 rings (SSSR count). The van der Waals surface area contributed by atoms with E-state index in [0.29, 0.717) is 0 Å². The number of carbonyl (C=O) groups is 1. The molecule has 5 nitrogen and oxygen atoms in total. The van der Waals surface area contributed by atoms with Crippen molar-refractivity contribution < 1.29 is 4.79 Å². The van der Waals surface area contributed by atoms with Crippen LogP contribution in [0, 0.1) is 11.3 Å². The van der Waals surface area contributed by atoms with Gasteiger partial charge in [-0.25, -0.2) is 0 Å². The Kier molecular flexibility index (Phi) is 5.55. The lowest BCUT2D eigenvalue weighted by atomic mass is 10.0. The fourth-order valence-corrected chi connectivity index (χ4v) is 3.31. The average molecular weight is 348 g/mol. The molecule has 0 spiro atoms. The maximum absolute atomic E-state index is 12.7. The summed E-state index contributed by atoms with van der Waals surface area (Å²) >= 11 is 0. The van der Waals surface area contributed by atoms with Gasteiger partial charge >= 0.3 is 0 Å². The first-order valence-electron chi connectivity index (χ1n) is 8.90. The topological polar surface area (TPSA) is 59.4 Å². The highest BCUT2D eigenvalue weighted by molar-refractivity contribution is 5.97. The number of benzene rings is 2. The Bertz CT molecular complexity index is 860. The largest absolute Gasteiger partial charge is 0.360 e. The smallest absolute Gasteiger partial charge is 0.266 e. The third-order valence-corrected chi connectivity index (χ3v) is 5.04. The molecule has 2 aromatic carbocycles. The van der Waals surface area contributed by atoms with E-state index in [1.807, 2.05) is 42.5 Å². The minimum atomic E-state index is -0.227. The summed E-state index contributed by atoms with van der Waals surface area (Å²) in [6.45, 7) is 1.95. The molecule has 0 unspecified atom stereocenters. The highest BCUT2D eigenvalue weighted by atomic mass is 16.2. The zero-order valence-corrected chi connectivity index (χ0v) is 15.3. The van der Waals surface area contributed by atoms with Crippen LogP contribution in [-0.4, -0.2) is 48.9 Å². The average Bonchev–Trinajstić information content (AvgIpc) is 2.68. The molecule has 1 fully saturated rings. The van der Waals surface area contributed by atoms with Crippen LogP contribution in [-0.2, 0) is 4.79 Å². The van der Waals surface area contributed by atoms with E-state index in [1.54, 1.807) is 11.9 Å². The second-order valence-electron chi connectivity index (χ2n) is 6.83. The fraction of sp³-hybridized carbons (Fsp3) is 0.333. The molecule has 1 aliphatic rings. The second kappa shape index (κ2) is 8.03. The number of nitrogens with one attached hydrogen (secondary N) is 1. The Morgan fingerprint density at radius 2 is 1.92 bits per heavy atom. The summed E-state index contributed by atoms with van der Waals surface area (Å²) in [6.07, 6.45) is 3.39. The molecule has 0 atom stereocenters. The number of rotatable bonds is 4. The quantitative estimate of drug-likeness (QED) is 0.681. The Balaban J connectivity index is 1.70. The van der Waals surface area contributed by atoms with E-state index >= 15 is 0 Å². The Morgan fingerprint density at radius 3 is 2.62 bits per heavy atom. The molecule has 1 aliphatic heterocycles. The summed E-state index contributed by atoms with van der Waals surface area (Å²) in [7, 11) is 3.88. The van der Waals surface area contributed by atoms with Crippen molar-refractivity contribution in [3.63, 3.8) is 0 Å². The van der Waals surface area contributed by atoms with Gasteiger partial charge in [-0.3, -0.25) is 4.79 Å². The van der Waals surface area contributed by atoms with Gasteiger partial charge in [0.15, 0.2) is 0 Å². The number of hydrogen-bond donors (Lipinski definition) is 1. The zero-order chi connectivity index (χ0) is 18.5. The highest BCUT2D eigenvalue weighted by Crippen LogP contribution is 2.20. The van der Waals surface area contributed by atoms with Gasteiger partial charge in [0.05, 0.1) is 0 Å². The predicted molar refractivity (Wildman–Crippen MR) is 105 cm³/mol. The number of nitriles is 1. The summed E-state index contributed by atoms with van der Waals surface area (Å²) in [5.41, 5.74) is 0.978. The molecule has 1 heterocycles. The first-order valence-corrected chi connectivity index (χ1v) is 8.90. The van der Waals surface area contributed by atoms with Gasteiger partial charge in [-0.15, -0.1) is 0 Å². The van der Waals surface area contributed by atoms with E-state index in [-0.39, 0.29) is 17.5 Å². The van der Waals surface area contributed by atoms with E-state index in [9.17, 15) is 10.1 Å². The third kappa shape index (κ3) is 4.04. The van der Waals surface area contributed by atoms with Gasteiger partial charge in [0.2, 0.25) is 0 Å². The van der Waals surface area contributed by atoms with Gasteiger partial charge in [0, 0.05) is 25.0 Å². The molecule has 0 aromatic heterocycles. The SMILES string of the molecule is CN1CCC(N(C)C(=O)/C(C#N)=C\Nc2ccc3ccccc3c2)CC1. The van der Waals surface area contributed by atoms with Crippen LogP contribution in [0.3, 0.4) is 0 Å². The summed E-state index contributed by atoms with van der Waals surface area (Å²) in [4.78, 5) is 16.6. The normalized spacial score (nSPS) is 16.3. The first-order chi connectivity index (χ1) is 12.6. The van der Waals surface area contributed by atoms with Gasteiger partial charge in [0.25, 0.3) is 5.91 Å². The van der Waals surface area contributed by atoms with Crippen LogP contribution in [0.5, 0.6) is 0 Å². The van der Waals surface area contributed by atoms with Gasteiger partial charge in [0.1, 0.15) is 11.6 Å². The van der Waals surface area contributed by atoms with Crippen molar-refractivity contribution in [2.24, 2.45) is 0 Å². The summed E-state index contributed by atoms with van der Waals surface area (Å²) in [5.74, 6) is -0.227. The standard InChI is InChI=1S/C21H24N4O/c1-24-11-9-20(10-12-24)25(2)21(26)18(14-22)15-23-19-8-7-16-5-3-4-6-17(16)13-19/h3-8,13,15,20,23H,9-12H2,1-2H3/b18-15-. The number of nitrogens with zero attached hydrogens (tertiary/aromatic N) is 3. The van der Waals surface area contributed by atoms with Gasteiger partial charge < -0.3 is 15.1 Å². The predicted octanol–water partition coefficient (Wildman–Crippen LogP) is 3.21. The Hall–Kier alpha value is -2.84. The van der Waals surface area contributed by atoms with Gasteiger partial charge in [-0.2, -0.15) is 5.26 Å². The number of fused-ring (bicyclic) bond motifs is 1. The van der Waals surface area contributed by atoms with Gasteiger partial charge in [-0.1, -0.05) is 30.3 Å². The lowest BCUT2D eigenvalue weighted by Gasteiger charge is -2.34. The minimum absolute atomic E-state index is 0.125. The lowest BCUT2D eigenvalue weighted by Crippen LogP contribution is -2.44. The molecular weight excluding hydrogens is 324 g/mol. The maximum atomic E-state index is 12.7. The van der Waals surface area contributed by atoms with Crippen LogP contribution < -0.4 is 5.32 Å².